The van der Waals surface area contributed by atoms with E-state index in [1.54, 1.807) is 35.2 Å². The number of imide groups is 1. The van der Waals surface area contributed by atoms with Crippen molar-refractivity contribution in [1.82, 2.24) is 15.5 Å². The van der Waals surface area contributed by atoms with Crippen LogP contribution in [0.5, 0.6) is 0 Å². The van der Waals surface area contributed by atoms with E-state index < -0.39 is 23.5 Å². The van der Waals surface area contributed by atoms with Crippen molar-refractivity contribution in [3.05, 3.63) is 70.3 Å². The standard InChI is InChI=1S/C25H26BF2N3O4/c1-15(2)17-6-8-19(9-7-17)25(27,28)23(34)29-13-16-5-10-20-18(12-16)14-31(22(20)33)11-3-4-21(32)30-24(26)35/h5-10,12,15H,3-4,11,13-14H2,1-2H3,(H,29,34)(H,30,32,35). The lowest BCUT2D eigenvalue weighted by molar-refractivity contribution is -0.147. The van der Waals surface area contributed by atoms with Crippen LogP contribution in [0, 0.1) is 0 Å². The minimum atomic E-state index is -3.68. The molecule has 0 fully saturated rings. The topological polar surface area (TPSA) is 95.6 Å². The van der Waals surface area contributed by atoms with Crippen LogP contribution < -0.4 is 10.6 Å². The van der Waals surface area contributed by atoms with Gasteiger partial charge in [0.05, 0.1) is 0 Å². The molecule has 3 rings (SSSR count). The maximum atomic E-state index is 14.6. The first-order chi connectivity index (χ1) is 16.5. The third-order valence-electron chi connectivity index (χ3n) is 5.82. The van der Waals surface area contributed by atoms with E-state index in [9.17, 15) is 28.0 Å². The van der Waals surface area contributed by atoms with Crippen LogP contribution in [0.1, 0.15) is 65.2 Å². The summed E-state index contributed by atoms with van der Waals surface area (Å²) in [7, 11) is 4.89. The lowest BCUT2D eigenvalue weighted by Crippen LogP contribution is -2.37. The molecule has 7 nitrogen and oxygen atoms in total. The summed E-state index contributed by atoms with van der Waals surface area (Å²) in [6.45, 7) is 4.38. The van der Waals surface area contributed by atoms with Crippen LogP contribution in [-0.2, 0) is 28.6 Å². The van der Waals surface area contributed by atoms with Crippen molar-refractivity contribution < 1.29 is 28.0 Å². The van der Waals surface area contributed by atoms with Crippen LogP contribution in [0.2, 0.25) is 0 Å². The zero-order chi connectivity index (χ0) is 25.8. The van der Waals surface area contributed by atoms with Gasteiger partial charge in [-0.2, -0.15) is 8.78 Å². The highest BCUT2D eigenvalue weighted by molar-refractivity contribution is 6.58. The Balaban J connectivity index is 1.56. The van der Waals surface area contributed by atoms with E-state index in [0.29, 0.717) is 36.2 Å². The Hall–Kier alpha value is -3.56. The Morgan fingerprint density at radius 1 is 1.11 bits per heavy atom. The smallest absolute Gasteiger partial charge is 0.346 e. The Morgan fingerprint density at radius 3 is 2.43 bits per heavy atom. The molecule has 1 aliphatic heterocycles. The number of amides is 4. The maximum absolute atomic E-state index is 14.6. The van der Waals surface area contributed by atoms with Crippen LogP contribution in [0.3, 0.4) is 0 Å². The molecule has 2 radical (unpaired) electrons. The van der Waals surface area contributed by atoms with E-state index in [0.717, 1.165) is 5.56 Å². The summed E-state index contributed by atoms with van der Waals surface area (Å²) in [6.07, 6.45) is 0.379. The van der Waals surface area contributed by atoms with Gasteiger partial charge in [0.1, 0.15) is 0 Å². The number of hydrogen-bond acceptors (Lipinski definition) is 4. The van der Waals surface area contributed by atoms with Gasteiger partial charge in [0, 0.05) is 37.2 Å². The second kappa shape index (κ2) is 10.8. The van der Waals surface area contributed by atoms with E-state index in [1.807, 2.05) is 19.2 Å². The van der Waals surface area contributed by atoms with Crippen LogP contribution in [0.15, 0.2) is 42.5 Å². The molecule has 2 aromatic rings. The first-order valence-electron chi connectivity index (χ1n) is 11.3. The fourth-order valence-corrected chi connectivity index (χ4v) is 3.86. The van der Waals surface area contributed by atoms with Gasteiger partial charge >= 0.3 is 5.92 Å². The Labute approximate surface area is 203 Å². The average Bonchev–Trinajstić information content (AvgIpc) is 3.11. The predicted molar refractivity (Wildman–Crippen MR) is 126 cm³/mol. The fourth-order valence-electron chi connectivity index (χ4n) is 3.86. The second-order valence-corrected chi connectivity index (χ2v) is 8.77. The molecule has 10 heteroatoms. The summed E-state index contributed by atoms with van der Waals surface area (Å²) < 4.78 is 29.3. The Morgan fingerprint density at radius 2 is 1.80 bits per heavy atom. The van der Waals surface area contributed by atoms with Gasteiger partial charge in [0.2, 0.25) is 13.8 Å². The number of nitrogens with one attached hydrogen (secondary N) is 2. The summed E-state index contributed by atoms with van der Waals surface area (Å²) in [5.74, 6) is -6.55. The van der Waals surface area contributed by atoms with E-state index >= 15 is 0 Å². The average molecular weight is 481 g/mol. The number of hydrogen-bond donors (Lipinski definition) is 2. The van der Waals surface area contributed by atoms with Gasteiger partial charge < -0.3 is 15.5 Å². The first kappa shape index (κ1) is 26.1. The Kier molecular flexibility index (Phi) is 8.04. The fraction of sp³-hybridized carbons (Fsp3) is 0.360. The van der Waals surface area contributed by atoms with E-state index in [4.69, 9.17) is 7.85 Å². The van der Waals surface area contributed by atoms with Gasteiger partial charge in [0.15, 0.2) is 5.81 Å². The van der Waals surface area contributed by atoms with Crippen LogP contribution >= 0.6 is 0 Å². The van der Waals surface area contributed by atoms with Gasteiger partial charge in [-0.15, -0.1) is 0 Å². The molecule has 0 aromatic heterocycles. The molecule has 0 saturated heterocycles. The van der Waals surface area contributed by atoms with Gasteiger partial charge in [-0.1, -0.05) is 50.2 Å². The van der Waals surface area contributed by atoms with Crippen LogP contribution in [-0.4, -0.2) is 42.8 Å². The summed E-state index contributed by atoms with van der Waals surface area (Å²) in [4.78, 5) is 48.5. The molecule has 35 heavy (non-hydrogen) atoms. The summed E-state index contributed by atoms with van der Waals surface area (Å²) in [6, 6.07) is 10.6. The van der Waals surface area contributed by atoms with Crippen molar-refractivity contribution >= 4 is 31.4 Å². The lowest BCUT2D eigenvalue weighted by atomic mass is 9.99. The molecule has 2 N–H and O–H groups in total. The lowest BCUT2D eigenvalue weighted by Gasteiger charge is -2.17. The van der Waals surface area contributed by atoms with Crippen LogP contribution in [0.4, 0.5) is 13.6 Å². The molecular formula is C25H26BF2N3O4. The van der Waals surface area contributed by atoms with Crippen LogP contribution in [0.25, 0.3) is 0 Å². The summed E-state index contributed by atoms with van der Waals surface area (Å²) >= 11 is 0. The van der Waals surface area contributed by atoms with Gasteiger partial charge in [-0.3, -0.25) is 19.2 Å². The first-order valence-corrected chi connectivity index (χ1v) is 11.3. The molecule has 2 aromatic carbocycles. The quantitative estimate of drug-likeness (QED) is 0.537. The number of carbonyl (C=O) groups is 4. The second-order valence-electron chi connectivity index (χ2n) is 8.77. The molecule has 0 spiro atoms. The molecule has 182 valence electrons. The largest absolute Gasteiger partial charge is 0.349 e. The number of nitrogens with zero attached hydrogens (tertiary/aromatic N) is 1. The van der Waals surface area contributed by atoms with Crippen molar-refractivity contribution in [2.75, 3.05) is 6.54 Å². The normalized spacial score (nSPS) is 13.1. The van der Waals surface area contributed by atoms with Gasteiger partial charge in [-0.05, 0) is 35.1 Å². The van der Waals surface area contributed by atoms with Crippen molar-refractivity contribution in [3.63, 3.8) is 0 Å². The Bertz CT molecular complexity index is 1140. The highest BCUT2D eigenvalue weighted by atomic mass is 19.3. The maximum Gasteiger partial charge on any atom is 0.349 e. The van der Waals surface area contributed by atoms with Gasteiger partial charge in [-0.25, -0.2) is 0 Å². The van der Waals surface area contributed by atoms with Crippen molar-refractivity contribution in [2.45, 2.75) is 51.6 Å². The van der Waals surface area contributed by atoms with E-state index in [-0.39, 0.29) is 30.4 Å². The number of halogens is 2. The van der Waals surface area contributed by atoms with E-state index in [2.05, 4.69) is 5.32 Å². The third-order valence-corrected chi connectivity index (χ3v) is 5.82. The minimum absolute atomic E-state index is 0.0365. The summed E-state index contributed by atoms with van der Waals surface area (Å²) in [5.41, 5.74) is 2.30. The van der Waals surface area contributed by atoms with Crippen molar-refractivity contribution in [3.8, 4) is 0 Å². The molecule has 0 saturated carbocycles. The molecule has 1 aliphatic rings. The number of carbonyl (C=O) groups excluding carboxylic acids is 4. The zero-order valence-electron chi connectivity index (χ0n) is 19.6. The summed E-state index contributed by atoms with van der Waals surface area (Å²) in [5, 5.41) is 4.24. The molecule has 0 bridgehead atoms. The van der Waals surface area contributed by atoms with Crippen molar-refractivity contribution in [2.24, 2.45) is 0 Å². The van der Waals surface area contributed by atoms with E-state index in [1.165, 1.54) is 12.1 Å². The molecule has 0 aliphatic carbocycles. The molecule has 0 unspecified atom stereocenters. The highest BCUT2D eigenvalue weighted by Crippen LogP contribution is 2.30. The number of benzene rings is 2. The molecular weight excluding hydrogens is 455 g/mol. The zero-order valence-corrected chi connectivity index (χ0v) is 19.6. The predicted octanol–water partition coefficient (Wildman–Crippen LogP) is 3.36. The number of alkyl halides is 2. The molecule has 1 heterocycles. The molecule has 4 amide bonds. The third kappa shape index (κ3) is 6.32. The van der Waals surface area contributed by atoms with Crippen molar-refractivity contribution in [1.29, 1.82) is 0 Å². The minimum Gasteiger partial charge on any atom is -0.346 e. The highest BCUT2D eigenvalue weighted by Gasteiger charge is 2.40. The monoisotopic (exact) mass is 481 g/mol. The SMILES string of the molecule is [B]C(=O)NC(=O)CCCN1Cc2cc(CNC(=O)C(F)(F)c3ccc(C(C)C)cc3)ccc2C1=O. The number of fused-ring (bicyclic) bond motifs is 1. The molecule has 0 atom stereocenters. The number of rotatable bonds is 9. The van der Waals surface area contributed by atoms with Gasteiger partial charge in [0.25, 0.3) is 11.8 Å².